The average molecular weight is 787 g/mol. The molecule has 0 saturated heterocycles. The van der Waals surface area contributed by atoms with Crippen LogP contribution in [0, 0.1) is 0 Å². The van der Waals surface area contributed by atoms with Gasteiger partial charge in [0.15, 0.2) is 0 Å². The largest absolute Gasteiger partial charge is 0.176 e. The average Bonchev–Trinajstić information content (AvgIpc) is 3.89. The second kappa shape index (κ2) is 19.1. The van der Waals surface area contributed by atoms with E-state index in [-0.39, 0.29) is 24.8 Å². The Morgan fingerprint density at radius 2 is 0.750 bits per heavy atom. The van der Waals surface area contributed by atoms with Crippen LogP contribution in [0.25, 0.3) is 54.9 Å². The van der Waals surface area contributed by atoms with Crippen molar-refractivity contribution in [2.24, 2.45) is 0 Å². The molecule has 0 saturated carbocycles. The monoisotopic (exact) mass is 784 g/mol. The number of hydrogen-bond acceptors (Lipinski definition) is 0. The molecule has 0 nitrogen and oxygen atoms in total. The predicted molar refractivity (Wildman–Crippen MR) is 211 cm³/mol. The van der Waals surface area contributed by atoms with Gasteiger partial charge in [0.05, 0.1) is 0 Å². The van der Waals surface area contributed by atoms with E-state index in [2.05, 4.69) is 218 Å². The maximum absolute atomic E-state index is 2.27. The Labute approximate surface area is 334 Å². The summed E-state index contributed by atoms with van der Waals surface area (Å²) in [6.07, 6.45) is 0. The summed E-state index contributed by atoms with van der Waals surface area (Å²) in [6, 6.07) is 76.9. The van der Waals surface area contributed by atoms with E-state index in [0.717, 1.165) is 0 Å². The van der Waals surface area contributed by atoms with E-state index in [0.29, 0.717) is 0 Å². The molecule has 0 amide bonds. The minimum Gasteiger partial charge on any atom is -0.176 e. The summed E-state index contributed by atoms with van der Waals surface area (Å²) < 4.78 is 1.42. The van der Waals surface area contributed by atoms with Gasteiger partial charge < -0.3 is 24.8 Å². The van der Waals surface area contributed by atoms with Gasteiger partial charge in [-0.3, -0.25) is 0 Å². The molecule has 0 N–H and O–H groups in total. The van der Waals surface area contributed by atoms with E-state index in [4.69, 9.17) is 0 Å². The molecule has 0 unspecified atom stereocenters. The number of halogens is 2. The summed E-state index contributed by atoms with van der Waals surface area (Å²) in [7, 11) is 0. The number of rotatable bonds is 5. The van der Waals surface area contributed by atoms with Crippen LogP contribution in [0.4, 0.5) is 0 Å². The molecule has 0 fully saturated rings. The van der Waals surface area contributed by atoms with Gasteiger partial charge in [0.2, 0.25) is 0 Å². The van der Waals surface area contributed by atoms with Gasteiger partial charge in [-0.05, 0) is 28.3 Å². The third kappa shape index (κ3) is 9.49. The molecule has 0 aliphatic rings. The van der Waals surface area contributed by atoms with Crippen LogP contribution in [-0.2, 0) is 24.2 Å². The van der Waals surface area contributed by atoms with Gasteiger partial charge in [0.1, 0.15) is 0 Å². The number of benzene rings is 7. The first kappa shape index (κ1) is 38.3. The van der Waals surface area contributed by atoms with Gasteiger partial charge in [-0.1, -0.05) is 115 Å². The van der Waals surface area contributed by atoms with E-state index in [1.54, 1.807) is 0 Å². The van der Waals surface area contributed by atoms with Gasteiger partial charge in [0, 0.05) is 0 Å². The van der Waals surface area contributed by atoms with Crippen LogP contribution in [0.15, 0.2) is 218 Å². The summed E-state index contributed by atoms with van der Waals surface area (Å²) in [6.45, 7) is 0. The smallest absolute Gasteiger partial charge is 0.0192 e. The zero-order valence-corrected chi connectivity index (χ0v) is 32.5. The van der Waals surface area contributed by atoms with Crippen molar-refractivity contribution in [1.29, 1.82) is 0 Å². The number of hydrogen-bond donors (Lipinski definition) is 0. The Morgan fingerprint density at radius 3 is 1.17 bits per heavy atom. The van der Waals surface area contributed by atoms with Crippen molar-refractivity contribution < 1.29 is 49.0 Å². The predicted octanol–water partition coefficient (Wildman–Crippen LogP) is 6.93. The van der Waals surface area contributed by atoms with Gasteiger partial charge in [0.25, 0.3) is 0 Å². The van der Waals surface area contributed by atoms with Crippen LogP contribution >= 0.6 is 0 Å². The Hall–Kier alpha value is -4.91. The van der Waals surface area contributed by atoms with E-state index in [1.165, 1.54) is 93.5 Å². The molecule has 0 aromatic heterocycles. The molecule has 0 spiro atoms. The van der Waals surface area contributed by atoms with Crippen LogP contribution in [0.2, 0.25) is 0 Å². The third-order valence-corrected chi connectivity index (χ3v) is 10.2. The first-order valence-electron chi connectivity index (χ1n) is 16.9. The molecule has 0 radical (unpaired) electrons. The Balaban J connectivity index is 0.000000156. The fourth-order valence-electron chi connectivity index (χ4n) is 6.24. The molecule has 9 rings (SSSR count). The Morgan fingerprint density at radius 1 is 0.365 bits per heavy atom. The van der Waals surface area contributed by atoms with E-state index < -0.39 is 0 Å². The zero-order valence-electron chi connectivity index (χ0n) is 28.5. The molecule has 0 heterocycles. The van der Waals surface area contributed by atoms with Crippen LogP contribution in [0.5, 0.6) is 0 Å². The molecule has 0 aliphatic heterocycles. The van der Waals surface area contributed by atoms with Crippen molar-refractivity contribution in [2.45, 2.75) is 0 Å². The van der Waals surface area contributed by atoms with Crippen molar-refractivity contribution in [3.8, 4) is 33.4 Å². The van der Waals surface area contributed by atoms with Crippen molar-refractivity contribution in [2.75, 3.05) is 0 Å². The first-order valence-corrected chi connectivity index (χ1v) is 18.2. The van der Waals surface area contributed by atoms with E-state index in [1.807, 2.05) is 0 Å². The van der Waals surface area contributed by atoms with Gasteiger partial charge in [-0.2, -0.15) is 23.8 Å². The zero-order chi connectivity index (χ0) is 34.0. The standard InChI is InChI=1S/C23H17.C13H9.C13H10.2ClH.Zr/c1-3-9-18(10-4-1)21-15-22(19-11-5-2-6-12-19)17-23(16-21)20-13-7-8-14-20;1-3-7-12-10(5-1)9-11-6-2-4-8-13(11)12;1-3-7-12(8-4-1)11-13-9-5-2-6-10-13;;;/h1-17H;1-9H;1-10H;2*1H;/q2*-1;;;;+2/p-2. The van der Waals surface area contributed by atoms with Crippen LogP contribution in [0.3, 0.4) is 0 Å². The Bertz CT molecular complexity index is 2260. The molecular formula is C49H36Cl2Zr-2. The van der Waals surface area contributed by atoms with Gasteiger partial charge in [-0.25, -0.2) is 0 Å². The van der Waals surface area contributed by atoms with Crippen LogP contribution in [-0.4, -0.2) is 3.21 Å². The maximum Gasteiger partial charge on any atom is -0.0192 e. The van der Waals surface area contributed by atoms with E-state index in [9.17, 15) is 0 Å². The molecule has 252 valence electrons. The van der Waals surface area contributed by atoms with Crippen molar-refractivity contribution in [1.82, 2.24) is 0 Å². The summed E-state index contributed by atoms with van der Waals surface area (Å²) in [5.74, 6) is 0. The quantitative estimate of drug-likeness (QED) is 0.166. The van der Waals surface area contributed by atoms with Crippen LogP contribution < -0.4 is 24.8 Å². The fraction of sp³-hybridized carbons (Fsp3) is 0. The molecule has 0 atom stereocenters. The summed E-state index contributed by atoms with van der Waals surface area (Å²) >= 11 is 1.46. The summed E-state index contributed by atoms with van der Waals surface area (Å²) in [5, 5.41) is 5.39. The molecule has 9 aromatic carbocycles. The van der Waals surface area contributed by atoms with Gasteiger partial charge in [-0.15, -0.1) is 45.8 Å². The molecule has 0 bridgehead atoms. The second-order valence-corrected chi connectivity index (χ2v) is 13.4. The van der Waals surface area contributed by atoms with E-state index >= 15 is 0 Å². The van der Waals surface area contributed by atoms with Crippen molar-refractivity contribution in [3.05, 3.63) is 230 Å². The third-order valence-electron chi connectivity index (χ3n) is 8.79. The molecule has 3 heteroatoms. The minimum atomic E-state index is 0. The SMILES string of the molecule is [Cl-].[Cl-].[Zr+2]=[C](c1ccccc1)c1ccccc1.c1ccc(-c2cc(-c3ccccc3)cc(-c3ccc[cH-]3)c2)cc1.c1ccc2c(c1)[cH-]c1ccccc12. The van der Waals surface area contributed by atoms with Crippen LogP contribution in [0.1, 0.15) is 11.1 Å². The maximum atomic E-state index is 2.27. The topological polar surface area (TPSA) is 0 Å². The molecule has 52 heavy (non-hydrogen) atoms. The first-order chi connectivity index (χ1) is 24.7. The number of fused-ring (bicyclic) bond motifs is 3. The molecular weight excluding hydrogens is 751 g/mol. The summed E-state index contributed by atoms with van der Waals surface area (Å²) in [5.41, 5.74) is 10.2. The van der Waals surface area contributed by atoms with Crippen molar-refractivity contribution >= 4 is 24.8 Å². The second-order valence-electron chi connectivity index (χ2n) is 12.1. The molecule has 0 aliphatic carbocycles. The van der Waals surface area contributed by atoms with Crippen molar-refractivity contribution in [3.63, 3.8) is 0 Å². The van der Waals surface area contributed by atoms with Gasteiger partial charge >= 0.3 is 99.2 Å². The Kier molecular flexibility index (Phi) is 14.1. The summed E-state index contributed by atoms with van der Waals surface area (Å²) in [4.78, 5) is 0. The molecule has 9 aromatic rings. The fourth-order valence-corrected chi connectivity index (χ4v) is 7.05. The normalized spacial score (nSPS) is 10.1. The minimum absolute atomic E-state index is 0.